The van der Waals surface area contributed by atoms with Crippen molar-refractivity contribution in [2.75, 3.05) is 32.3 Å². The Bertz CT molecular complexity index is 1400. The summed E-state index contributed by atoms with van der Waals surface area (Å²) in [6.07, 6.45) is 3.31. The minimum Gasteiger partial charge on any atom is -0.497 e. The number of aryl methyl sites for hydroxylation is 2. The average molecular weight is 514 g/mol. The summed E-state index contributed by atoms with van der Waals surface area (Å²) in [7, 11) is 3.24. The minimum absolute atomic E-state index is 0.0147. The molecule has 5 rings (SSSR count). The molecule has 38 heavy (non-hydrogen) atoms. The van der Waals surface area contributed by atoms with Crippen LogP contribution in [0.4, 0.5) is 5.69 Å². The Morgan fingerprint density at radius 3 is 2.50 bits per heavy atom. The third-order valence-corrected chi connectivity index (χ3v) is 7.23. The lowest BCUT2D eigenvalue weighted by atomic mass is 10.1. The van der Waals surface area contributed by atoms with Gasteiger partial charge in [-0.25, -0.2) is 4.98 Å². The van der Waals surface area contributed by atoms with E-state index in [2.05, 4.69) is 29.7 Å². The Hall–Kier alpha value is -4.00. The monoisotopic (exact) mass is 513 g/mol. The summed E-state index contributed by atoms with van der Waals surface area (Å²) in [6.45, 7) is 4.18. The van der Waals surface area contributed by atoms with E-state index in [0.29, 0.717) is 31.1 Å². The number of amides is 1. The molecule has 0 aliphatic carbocycles. The van der Waals surface area contributed by atoms with Gasteiger partial charge in [0.05, 0.1) is 37.5 Å². The van der Waals surface area contributed by atoms with Crippen LogP contribution in [0.2, 0.25) is 0 Å². The molecule has 1 amide bonds. The number of aromatic nitrogens is 2. The zero-order valence-electron chi connectivity index (χ0n) is 22.4. The number of unbranched alkanes of at least 4 members (excludes halogenated alkanes) is 1. The fraction of sp³-hybridized carbons (Fsp3) is 0.355. The molecule has 7 heteroatoms. The maximum absolute atomic E-state index is 13.2. The molecule has 198 valence electrons. The average Bonchev–Trinajstić information content (AvgIpc) is 3.53. The van der Waals surface area contributed by atoms with E-state index in [1.807, 2.05) is 48.5 Å². The number of benzene rings is 3. The molecular formula is C31H35N3O4. The van der Waals surface area contributed by atoms with Gasteiger partial charge in [-0.2, -0.15) is 0 Å². The van der Waals surface area contributed by atoms with Crippen LogP contribution in [0.25, 0.3) is 11.0 Å². The van der Waals surface area contributed by atoms with E-state index in [1.165, 1.54) is 5.56 Å². The standard InChI is InChI=1S/C31H35N3O4/c1-4-22-11-13-24(14-12-22)38-18-8-7-17-33-27-10-6-5-9-26(27)32-31(33)23-19-30(35)34(21-23)28-20-25(36-2)15-16-29(28)37-3/h5-6,9-16,20,23H,4,7-8,17-19,21H2,1-3H3. The zero-order chi connectivity index (χ0) is 26.5. The lowest BCUT2D eigenvalue weighted by Gasteiger charge is -2.20. The molecule has 0 bridgehead atoms. The smallest absolute Gasteiger partial charge is 0.227 e. The van der Waals surface area contributed by atoms with Crippen LogP contribution in [-0.4, -0.2) is 42.8 Å². The van der Waals surface area contributed by atoms with Crippen molar-refractivity contribution in [1.29, 1.82) is 0 Å². The molecule has 1 atom stereocenters. The Labute approximate surface area is 224 Å². The largest absolute Gasteiger partial charge is 0.497 e. The predicted octanol–water partition coefficient (Wildman–Crippen LogP) is 6.00. The van der Waals surface area contributed by atoms with E-state index in [0.717, 1.165) is 54.1 Å². The SMILES string of the molecule is CCc1ccc(OCCCCn2c(C3CC(=O)N(c4cc(OC)ccc4OC)C3)nc3ccccc32)cc1. The van der Waals surface area contributed by atoms with Crippen molar-refractivity contribution in [3.8, 4) is 17.2 Å². The number of hydrogen-bond acceptors (Lipinski definition) is 5. The maximum atomic E-state index is 13.2. The summed E-state index contributed by atoms with van der Waals surface area (Å²) < 4.78 is 19.2. The van der Waals surface area contributed by atoms with Crippen molar-refractivity contribution in [2.24, 2.45) is 0 Å². The molecule has 4 aromatic rings. The number of carbonyl (C=O) groups is 1. The van der Waals surface area contributed by atoms with E-state index in [1.54, 1.807) is 19.1 Å². The van der Waals surface area contributed by atoms with Crippen LogP contribution in [0, 0.1) is 0 Å². The van der Waals surface area contributed by atoms with Gasteiger partial charge in [-0.3, -0.25) is 4.79 Å². The molecule has 0 saturated carbocycles. The number of hydrogen-bond donors (Lipinski definition) is 0. The molecule has 1 saturated heterocycles. The number of imidazole rings is 1. The highest BCUT2D eigenvalue weighted by atomic mass is 16.5. The first-order valence-corrected chi connectivity index (χ1v) is 13.3. The number of ether oxygens (including phenoxy) is 3. The molecule has 1 fully saturated rings. The molecule has 1 aliphatic rings. The Balaban J connectivity index is 1.30. The van der Waals surface area contributed by atoms with Gasteiger partial charge in [0.15, 0.2) is 0 Å². The highest BCUT2D eigenvalue weighted by Crippen LogP contribution is 2.39. The van der Waals surface area contributed by atoms with Crippen molar-refractivity contribution in [3.63, 3.8) is 0 Å². The van der Waals surface area contributed by atoms with Crippen LogP contribution in [0.15, 0.2) is 66.7 Å². The quantitative estimate of drug-likeness (QED) is 0.230. The van der Waals surface area contributed by atoms with Gasteiger partial charge < -0.3 is 23.7 Å². The van der Waals surface area contributed by atoms with Crippen molar-refractivity contribution < 1.29 is 19.0 Å². The van der Waals surface area contributed by atoms with E-state index in [9.17, 15) is 4.79 Å². The summed E-state index contributed by atoms with van der Waals surface area (Å²) in [5.74, 6) is 3.25. The predicted molar refractivity (Wildman–Crippen MR) is 150 cm³/mol. The van der Waals surface area contributed by atoms with Gasteiger partial charge in [-0.1, -0.05) is 31.2 Å². The normalized spacial score (nSPS) is 15.3. The second-order valence-electron chi connectivity index (χ2n) is 9.61. The van der Waals surface area contributed by atoms with Crippen molar-refractivity contribution >= 4 is 22.6 Å². The number of methoxy groups -OCH3 is 2. The second kappa shape index (κ2) is 11.6. The van der Waals surface area contributed by atoms with Gasteiger partial charge >= 0.3 is 0 Å². The maximum Gasteiger partial charge on any atom is 0.227 e. The minimum atomic E-state index is -0.0147. The van der Waals surface area contributed by atoms with Gasteiger partial charge in [0.25, 0.3) is 0 Å². The molecule has 2 heterocycles. The van der Waals surface area contributed by atoms with Crippen LogP contribution < -0.4 is 19.1 Å². The summed E-state index contributed by atoms with van der Waals surface area (Å²) in [5.41, 5.74) is 4.10. The molecule has 0 spiro atoms. The highest BCUT2D eigenvalue weighted by Gasteiger charge is 2.36. The van der Waals surface area contributed by atoms with Crippen LogP contribution in [0.1, 0.15) is 43.5 Å². The summed E-state index contributed by atoms with van der Waals surface area (Å²) in [4.78, 5) is 20.0. The van der Waals surface area contributed by atoms with E-state index in [4.69, 9.17) is 19.2 Å². The first-order valence-electron chi connectivity index (χ1n) is 13.3. The number of fused-ring (bicyclic) bond motifs is 1. The number of anilines is 1. The molecular weight excluding hydrogens is 478 g/mol. The molecule has 1 aliphatic heterocycles. The van der Waals surface area contributed by atoms with Gasteiger partial charge in [0, 0.05) is 31.5 Å². The molecule has 0 N–H and O–H groups in total. The lowest BCUT2D eigenvalue weighted by molar-refractivity contribution is -0.117. The molecule has 1 aromatic heterocycles. The van der Waals surface area contributed by atoms with Crippen molar-refractivity contribution in [1.82, 2.24) is 9.55 Å². The topological polar surface area (TPSA) is 65.8 Å². The molecule has 3 aromatic carbocycles. The Morgan fingerprint density at radius 2 is 1.74 bits per heavy atom. The van der Waals surface area contributed by atoms with Crippen LogP contribution in [-0.2, 0) is 17.8 Å². The van der Waals surface area contributed by atoms with Crippen LogP contribution in [0.3, 0.4) is 0 Å². The van der Waals surface area contributed by atoms with Crippen molar-refractivity contribution in [3.05, 3.63) is 78.1 Å². The van der Waals surface area contributed by atoms with Gasteiger partial charge in [-0.05, 0) is 61.2 Å². The van der Waals surface area contributed by atoms with Crippen LogP contribution >= 0.6 is 0 Å². The fourth-order valence-corrected chi connectivity index (χ4v) is 5.15. The van der Waals surface area contributed by atoms with E-state index >= 15 is 0 Å². The third-order valence-electron chi connectivity index (χ3n) is 7.23. The fourth-order valence-electron chi connectivity index (χ4n) is 5.15. The van der Waals surface area contributed by atoms with E-state index in [-0.39, 0.29) is 11.8 Å². The Kier molecular flexibility index (Phi) is 7.82. The lowest BCUT2D eigenvalue weighted by Crippen LogP contribution is -2.25. The van der Waals surface area contributed by atoms with Crippen LogP contribution in [0.5, 0.6) is 17.2 Å². The molecule has 7 nitrogen and oxygen atoms in total. The van der Waals surface area contributed by atoms with Crippen molar-refractivity contribution in [2.45, 2.75) is 45.1 Å². The number of rotatable bonds is 11. The summed E-state index contributed by atoms with van der Waals surface area (Å²) in [6, 6.07) is 22.1. The number of carbonyl (C=O) groups excluding carboxylic acids is 1. The Morgan fingerprint density at radius 1 is 0.947 bits per heavy atom. The number of para-hydroxylation sites is 2. The first-order chi connectivity index (χ1) is 18.6. The summed E-state index contributed by atoms with van der Waals surface area (Å²) >= 11 is 0. The zero-order valence-corrected chi connectivity index (χ0v) is 22.4. The molecule has 0 radical (unpaired) electrons. The molecule has 1 unspecified atom stereocenters. The second-order valence-corrected chi connectivity index (χ2v) is 9.61. The number of nitrogens with zero attached hydrogens (tertiary/aromatic N) is 3. The van der Waals surface area contributed by atoms with Gasteiger partial charge in [-0.15, -0.1) is 0 Å². The van der Waals surface area contributed by atoms with E-state index < -0.39 is 0 Å². The van der Waals surface area contributed by atoms with Gasteiger partial charge in [0.1, 0.15) is 23.1 Å². The summed E-state index contributed by atoms with van der Waals surface area (Å²) in [5, 5.41) is 0. The van der Waals surface area contributed by atoms with Gasteiger partial charge in [0.2, 0.25) is 5.91 Å². The third kappa shape index (κ3) is 5.32. The first kappa shape index (κ1) is 25.6. The highest BCUT2D eigenvalue weighted by molar-refractivity contribution is 5.98.